The number of aliphatic hydroxyl groups is 1. The SMILES string of the molecule is CCCCCCCCC/C=C\CCCCCCCCCC(=O)NCCOP(=O)(O)OCC(O)COC(=O)CCCCCCCCCCCCCC. The Morgan fingerprint density at radius 2 is 1.00 bits per heavy atom. The number of allylic oxidation sites excluding steroid dienone is 2. The van der Waals surface area contributed by atoms with Gasteiger partial charge in [0, 0.05) is 19.4 Å². The van der Waals surface area contributed by atoms with E-state index in [0.717, 1.165) is 38.5 Å². The number of nitrogens with one attached hydrogen (secondary N) is 1. The first-order valence-electron chi connectivity index (χ1n) is 21.2. The van der Waals surface area contributed by atoms with Gasteiger partial charge < -0.3 is 20.1 Å². The van der Waals surface area contributed by atoms with E-state index in [1.54, 1.807) is 0 Å². The Kier molecular flexibility index (Phi) is 37.5. The van der Waals surface area contributed by atoms with E-state index in [4.69, 9.17) is 13.8 Å². The van der Waals surface area contributed by atoms with Crippen LogP contribution in [0.1, 0.15) is 206 Å². The summed E-state index contributed by atoms with van der Waals surface area (Å²) in [6.07, 6.45) is 38.5. The van der Waals surface area contributed by atoms with E-state index in [2.05, 4.69) is 31.3 Å². The second-order valence-electron chi connectivity index (χ2n) is 14.3. The van der Waals surface area contributed by atoms with E-state index in [1.165, 1.54) is 141 Å². The number of phosphoric acid groups is 1. The molecule has 0 bridgehead atoms. The van der Waals surface area contributed by atoms with Crippen LogP contribution in [0, 0.1) is 0 Å². The molecule has 1 amide bonds. The number of carbonyl (C=O) groups is 2. The molecule has 0 aliphatic heterocycles. The fourth-order valence-corrected chi connectivity index (χ4v) is 6.72. The predicted octanol–water partition coefficient (Wildman–Crippen LogP) is 11.4. The Balaban J connectivity index is 3.58. The summed E-state index contributed by atoms with van der Waals surface area (Å²) in [5.74, 6) is -0.514. The van der Waals surface area contributed by atoms with Gasteiger partial charge >= 0.3 is 13.8 Å². The third kappa shape index (κ3) is 39.8. The summed E-state index contributed by atoms with van der Waals surface area (Å²) in [5.41, 5.74) is 0. The number of phosphoric ester groups is 1. The van der Waals surface area contributed by atoms with Gasteiger partial charge in [-0.1, -0.05) is 167 Å². The van der Waals surface area contributed by atoms with Crippen LogP contribution in [-0.4, -0.2) is 54.3 Å². The van der Waals surface area contributed by atoms with Gasteiger partial charge in [-0.2, -0.15) is 0 Å². The van der Waals surface area contributed by atoms with E-state index < -0.39 is 26.5 Å². The number of aliphatic hydroxyl groups excluding tert-OH is 1. The van der Waals surface area contributed by atoms with Crippen molar-refractivity contribution in [1.82, 2.24) is 5.32 Å². The molecule has 2 atom stereocenters. The van der Waals surface area contributed by atoms with E-state index >= 15 is 0 Å². The van der Waals surface area contributed by atoms with Crippen LogP contribution in [-0.2, 0) is 27.9 Å². The number of rotatable bonds is 40. The van der Waals surface area contributed by atoms with Gasteiger partial charge in [-0.15, -0.1) is 0 Å². The number of hydrogen-bond acceptors (Lipinski definition) is 7. The molecule has 0 spiro atoms. The van der Waals surface area contributed by atoms with Gasteiger partial charge in [0.05, 0.1) is 13.2 Å². The van der Waals surface area contributed by atoms with Crippen molar-refractivity contribution in [2.45, 2.75) is 213 Å². The molecule has 0 saturated carbocycles. The van der Waals surface area contributed by atoms with Gasteiger partial charge in [0.1, 0.15) is 12.7 Å². The number of unbranched alkanes of at least 4 members (excludes halogenated alkanes) is 25. The van der Waals surface area contributed by atoms with E-state index in [9.17, 15) is 24.2 Å². The minimum absolute atomic E-state index is 0.0829. The van der Waals surface area contributed by atoms with Crippen molar-refractivity contribution in [3.63, 3.8) is 0 Å². The fraction of sp³-hybridized carbons (Fsp3) is 0.902. The van der Waals surface area contributed by atoms with Crippen molar-refractivity contribution in [2.24, 2.45) is 0 Å². The number of carbonyl (C=O) groups excluding carboxylic acids is 2. The maximum absolute atomic E-state index is 12.1. The van der Waals surface area contributed by atoms with Crippen LogP contribution in [0.5, 0.6) is 0 Å². The molecule has 0 aromatic rings. The molecule has 0 aliphatic carbocycles. The maximum atomic E-state index is 12.1. The molecular weight excluding hydrogens is 665 g/mol. The zero-order chi connectivity index (χ0) is 37.5. The summed E-state index contributed by atoms with van der Waals surface area (Å²) in [7, 11) is -4.41. The number of amides is 1. The largest absolute Gasteiger partial charge is 0.472 e. The van der Waals surface area contributed by atoms with E-state index in [0.29, 0.717) is 6.42 Å². The van der Waals surface area contributed by atoms with Crippen LogP contribution < -0.4 is 5.32 Å². The van der Waals surface area contributed by atoms with Gasteiger partial charge in [-0.3, -0.25) is 18.6 Å². The summed E-state index contributed by atoms with van der Waals surface area (Å²) in [4.78, 5) is 33.8. The Bertz CT molecular complexity index is 856. The molecule has 51 heavy (non-hydrogen) atoms. The molecule has 0 aromatic heterocycles. The highest BCUT2D eigenvalue weighted by atomic mass is 31.2. The van der Waals surface area contributed by atoms with Gasteiger partial charge in [0.15, 0.2) is 0 Å². The average Bonchev–Trinajstić information content (AvgIpc) is 3.11. The molecule has 0 aliphatic rings. The van der Waals surface area contributed by atoms with E-state index in [-0.39, 0.29) is 32.1 Å². The van der Waals surface area contributed by atoms with Crippen molar-refractivity contribution in [2.75, 3.05) is 26.4 Å². The van der Waals surface area contributed by atoms with Gasteiger partial charge in [0.25, 0.3) is 0 Å². The van der Waals surface area contributed by atoms with Crippen molar-refractivity contribution < 1.29 is 37.9 Å². The molecule has 0 heterocycles. The highest BCUT2D eigenvalue weighted by Gasteiger charge is 2.23. The molecule has 0 radical (unpaired) electrons. The quantitative estimate of drug-likeness (QED) is 0.0244. The first kappa shape index (κ1) is 49.8. The molecule has 0 fully saturated rings. The van der Waals surface area contributed by atoms with Gasteiger partial charge in [0.2, 0.25) is 5.91 Å². The molecule has 0 rings (SSSR count). The Morgan fingerprint density at radius 3 is 1.47 bits per heavy atom. The van der Waals surface area contributed by atoms with Crippen LogP contribution >= 0.6 is 7.82 Å². The van der Waals surface area contributed by atoms with Crippen molar-refractivity contribution >= 4 is 19.7 Å². The summed E-state index contributed by atoms with van der Waals surface area (Å²) < 4.78 is 26.8. The Labute approximate surface area is 313 Å². The minimum atomic E-state index is -4.41. The molecule has 302 valence electrons. The van der Waals surface area contributed by atoms with Crippen molar-refractivity contribution in [3.05, 3.63) is 12.2 Å². The zero-order valence-electron chi connectivity index (χ0n) is 33.1. The monoisotopic (exact) mass is 746 g/mol. The Morgan fingerprint density at radius 1 is 0.588 bits per heavy atom. The van der Waals surface area contributed by atoms with Gasteiger partial charge in [-0.05, 0) is 38.5 Å². The molecule has 10 heteroatoms. The summed E-state index contributed by atoms with van der Waals surface area (Å²) in [6, 6.07) is 0. The van der Waals surface area contributed by atoms with Crippen LogP contribution in [0.4, 0.5) is 0 Å². The fourth-order valence-electron chi connectivity index (χ4n) is 5.96. The standard InChI is InChI=1S/C41H80NO8P/c1-3-5-7-9-11-13-15-17-18-19-20-21-22-23-25-27-29-31-33-40(44)42-35-36-49-51(46,47)50-38-39(43)37-48-41(45)34-32-30-28-26-24-16-14-12-10-8-6-4-2/h18-19,39,43H,3-17,20-38H2,1-2H3,(H,42,44)(H,46,47)/b19-18-. The smallest absolute Gasteiger partial charge is 0.463 e. The highest BCUT2D eigenvalue weighted by molar-refractivity contribution is 7.47. The number of ether oxygens (including phenoxy) is 1. The molecule has 3 N–H and O–H groups in total. The highest BCUT2D eigenvalue weighted by Crippen LogP contribution is 2.42. The van der Waals surface area contributed by atoms with Crippen LogP contribution in [0.15, 0.2) is 12.2 Å². The third-order valence-electron chi connectivity index (χ3n) is 9.20. The number of hydrogen-bond donors (Lipinski definition) is 3. The second-order valence-corrected chi connectivity index (χ2v) is 15.8. The third-order valence-corrected chi connectivity index (χ3v) is 10.2. The molecule has 9 nitrogen and oxygen atoms in total. The van der Waals surface area contributed by atoms with Crippen molar-refractivity contribution in [3.8, 4) is 0 Å². The average molecular weight is 746 g/mol. The lowest BCUT2D eigenvalue weighted by Gasteiger charge is -2.15. The van der Waals surface area contributed by atoms with E-state index in [1.807, 2.05) is 0 Å². The van der Waals surface area contributed by atoms with Gasteiger partial charge in [-0.25, -0.2) is 4.57 Å². The predicted molar refractivity (Wildman–Crippen MR) is 211 cm³/mol. The first-order chi connectivity index (χ1) is 24.8. The summed E-state index contributed by atoms with van der Waals surface area (Å²) in [5, 5.41) is 12.7. The molecular formula is C41H80NO8P. The normalized spacial score (nSPS) is 13.4. The maximum Gasteiger partial charge on any atom is 0.472 e. The lowest BCUT2D eigenvalue weighted by molar-refractivity contribution is -0.147. The zero-order valence-corrected chi connectivity index (χ0v) is 34.0. The molecule has 0 saturated heterocycles. The first-order valence-corrected chi connectivity index (χ1v) is 22.7. The molecule has 0 aromatic carbocycles. The topological polar surface area (TPSA) is 131 Å². The summed E-state index contributed by atoms with van der Waals surface area (Å²) >= 11 is 0. The second kappa shape index (κ2) is 38.5. The minimum Gasteiger partial charge on any atom is -0.463 e. The van der Waals surface area contributed by atoms with Crippen LogP contribution in [0.25, 0.3) is 0 Å². The van der Waals surface area contributed by atoms with Crippen LogP contribution in [0.3, 0.4) is 0 Å². The van der Waals surface area contributed by atoms with Crippen molar-refractivity contribution in [1.29, 1.82) is 0 Å². The molecule has 2 unspecified atom stereocenters. The number of esters is 1. The Hall–Kier alpha value is -1.25. The lowest BCUT2D eigenvalue weighted by Crippen LogP contribution is -2.27. The summed E-state index contributed by atoms with van der Waals surface area (Å²) in [6.45, 7) is 3.56. The lowest BCUT2D eigenvalue weighted by atomic mass is 10.0. The van der Waals surface area contributed by atoms with Crippen LogP contribution in [0.2, 0.25) is 0 Å².